The van der Waals surface area contributed by atoms with E-state index in [9.17, 15) is 14.9 Å². The van der Waals surface area contributed by atoms with Gasteiger partial charge in [0.25, 0.3) is 5.69 Å². The summed E-state index contributed by atoms with van der Waals surface area (Å²) in [5, 5.41) is 13.8. The molecule has 1 aliphatic rings. The molecule has 0 saturated carbocycles. The molecule has 1 aliphatic heterocycles. The third-order valence-electron chi connectivity index (χ3n) is 4.35. The van der Waals surface area contributed by atoms with Gasteiger partial charge in [0, 0.05) is 18.3 Å². The van der Waals surface area contributed by atoms with Gasteiger partial charge in [0.05, 0.1) is 4.92 Å². The van der Waals surface area contributed by atoms with Gasteiger partial charge in [0.1, 0.15) is 11.7 Å². The number of anilines is 2. The van der Waals surface area contributed by atoms with Crippen LogP contribution in [0.25, 0.3) is 0 Å². The van der Waals surface area contributed by atoms with Gasteiger partial charge < -0.3 is 10.2 Å². The molecule has 0 fully saturated rings. The molecule has 2 aromatic rings. The highest BCUT2D eigenvalue weighted by molar-refractivity contribution is 5.98. The van der Waals surface area contributed by atoms with Crippen molar-refractivity contribution in [1.29, 1.82) is 0 Å². The van der Waals surface area contributed by atoms with E-state index in [1.54, 1.807) is 18.2 Å². The molecular weight excluding hydrogens is 306 g/mol. The van der Waals surface area contributed by atoms with Gasteiger partial charge in [-0.2, -0.15) is 0 Å². The van der Waals surface area contributed by atoms with Crippen LogP contribution in [-0.2, 0) is 11.2 Å². The monoisotopic (exact) mass is 325 g/mol. The standard InChI is InChI=1S/C18H19N3O3/c1-13(20-12-6-8-14-7-2-4-10-16(14)20)18(22)19-15-9-3-5-11-17(15)21(23)24/h2-5,7,9-11,13H,6,8,12H2,1H3,(H,19,22). The van der Waals surface area contributed by atoms with Gasteiger partial charge in [-0.1, -0.05) is 30.3 Å². The second kappa shape index (κ2) is 6.70. The maximum absolute atomic E-state index is 12.6. The highest BCUT2D eigenvalue weighted by Crippen LogP contribution is 2.29. The number of hydrogen-bond donors (Lipinski definition) is 1. The number of nitro groups is 1. The van der Waals surface area contributed by atoms with Crippen molar-refractivity contribution in [2.75, 3.05) is 16.8 Å². The Kier molecular flexibility index (Phi) is 4.46. The summed E-state index contributed by atoms with van der Waals surface area (Å²) in [5.74, 6) is -0.249. The molecule has 3 rings (SSSR count). The van der Waals surface area contributed by atoms with Crippen LogP contribution in [0.3, 0.4) is 0 Å². The van der Waals surface area contributed by atoms with Gasteiger partial charge >= 0.3 is 0 Å². The van der Waals surface area contributed by atoms with Crippen molar-refractivity contribution in [3.63, 3.8) is 0 Å². The number of benzene rings is 2. The van der Waals surface area contributed by atoms with E-state index in [-0.39, 0.29) is 17.3 Å². The maximum Gasteiger partial charge on any atom is 0.292 e. The number of nitrogens with one attached hydrogen (secondary N) is 1. The molecule has 0 saturated heterocycles. The Morgan fingerprint density at radius 3 is 2.71 bits per heavy atom. The van der Waals surface area contributed by atoms with E-state index in [0.717, 1.165) is 25.1 Å². The largest absolute Gasteiger partial charge is 0.360 e. The van der Waals surface area contributed by atoms with Gasteiger partial charge in [-0.05, 0) is 37.5 Å². The van der Waals surface area contributed by atoms with Crippen LogP contribution in [0.2, 0.25) is 0 Å². The number of rotatable bonds is 4. The average Bonchev–Trinajstić information content (AvgIpc) is 2.61. The summed E-state index contributed by atoms with van der Waals surface area (Å²) in [5.41, 5.74) is 2.42. The Balaban J connectivity index is 1.81. The van der Waals surface area contributed by atoms with Crippen LogP contribution in [-0.4, -0.2) is 23.4 Å². The molecule has 1 heterocycles. The molecule has 1 atom stereocenters. The van der Waals surface area contributed by atoms with Crippen LogP contribution in [0.4, 0.5) is 17.1 Å². The Morgan fingerprint density at radius 2 is 1.92 bits per heavy atom. The molecule has 124 valence electrons. The smallest absolute Gasteiger partial charge is 0.292 e. The predicted octanol–water partition coefficient (Wildman–Crippen LogP) is 3.37. The van der Waals surface area contributed by atoms with Gasteiger partial charge in [0.15, 0.2) is 0 Å². The number of hydrogen-bond acceptors (Lipinski definition) is 4. The Morgan fingerprint density at radius 1 is 1.21 bits per heavy atom. The Bertz CT molecular complexity index is 776. The molecular formula is C18H19N3O3. The Hall–Kier alpha value is -2.89. The molecule has 0 aromatic heterocycles. The van der Waals surface area contributed by atoms with Crippen molar-refractivity contribution in [1.82, 2.24) is 0 Å². The van der Waals surface area contributed by atoms with Crippen molar-refractivity contribution in [2.45, 2.75) is 25.8 Å². The number of aryl methyl sites for hydroxylation is 1. The zero-order chi connectivity index (χ0) is 17.1. The normalized spacial score (nSPS) is 14.6. The minimum atomic E-state index is -0.490. The van der Waals surface area contributed by atoms with Gasteiger partial charge in [-0.25, -0.2) is 0 Å². The van der Waals surface area contributed by atoms with Crippen molar-refractivity contribution >= 4 is 23.0 Å². The summed E-state index contributed by atoms with van der Waals surface area (Å²) in [4.78, 5) is 25.3. The number of nitrogens with zero attached hydrogens (tertiary/aromatic N) is 2. The van der Waals surface area contributed by atoms with Crippen LogP contribution in [0.15, 0.2) is 48.5 Å². The lowest BCUT2D eigenvalue weighted by Crippen LogP contribution is -2.44. The molecule has 0 radical (unpaired) electrons. The molecule has 6 heteroatoms. The summed E-state index contributed by atoms with van der Waals surface area (Å²) in [6.07, 6.45) is 1.99. The molecule has 6 nitrogen and oxygen atoms in total. The van der Waals surface area contributed by atoms with Gasteiger partial charge in [0.2, 0.25) is 5.91 Å². The van der Waals surface area contributed by atoms with E-state index in [4.69, 9.17) is 0 Å². The summed E-state index contributed by atoms with van der Waals surface area (Å²) >= 11 is 0. The van der Waals surface area contributed by atoms with Crippen molar-refractivity contribution < 1.29 is 9.72 Å². The van der Waals surface area contributed by atoms with Gasteiger partial charge in [-0.3, -0.25) is 14.9 Å². The number of carbonyl (C=O) groups excluding carboxylic acids is 1. The van der Waals surface area contributed by atoms with Crippen LogP contribution in [0, 0.1) is 10.1 Å². The second-order valence-electron chi connectivity index (χ2n) is 5.87. The van der Waals surface area contributed by atoms with Crippen LogP contribution < -0.4 is 10.2 Å². The summed E-state index contributed by atoms with van der Waals surface area (Å²) in [6, 6.07) is 13.8. The van der Waals surface area contributed by atoms with E-state index in [0.29, 0.717) is 0 Å². The maximum atomic E-state index is 12.6. The zero-order valence-electron chi connectivity index (χ0n) is 13.4. The topological polar surface area (TPSA) is 75.5 Å². The Labute approximate surface area is 140 Å². The number of fused-ring (bicyclic) bond motifs is 1. The first kappa shape index (κ1) is 16.0. The highest BCUT2D eigenvalue weighted by Gasteiger charge is 2.27. The molecule has 1 N–H and O–H groups in total. The third kappa shape index (κ3) is 3.08. The fourth-order valence-electron chi connectivity index (χ4n) is 3.08. The van der Waals surface area contributed by atoms with E-state index >= 15 is 0 Å². The molecule has 0 spiro atoms. The average molecular weight is 325 g/mol. The number of nitro benzene ring substituents is 1. The molecule has 0 aliphatic carbocycles. The summed E-state index contributed by atoms with van der Waals surface area (Å²) in [6.45, 7) is 2.62. The highest BCUT2D eigenvalue weighted by atomic mass is 16.6. The molecule has 1 amide bonds. The van der Waals surface area contributed by atoms with E-state index < -0.39 is 11.0 Å². The lowest BCUT2D eigenvalue weighted by Gasteiger charge is -2.35. The number of amides is 1. The van der Waals surface area contributed by atoms with Gasteiger partial charge in [-0.15, -0.1) is 0 Å². The summed E-state index contributed by atoms with van der Waals surface area (Å²) in [7, 11) is 0. The van der Waals surface area contributed by atoms with Crippen LogP contribution >= 0.6 is 0 Å². The first-order chi connectivity index (χ1) is 11.6. The molecule has 1 unspecified atom stereocenters. The lowest BCUT2D eigenvalue weighted by atomic mass is 10.00. The fourth-order valence-corrected chi connectivity index (χ4v) is 3.08. The van der Waals surface area contributed by atoms with Crippen LogP contribution in [0.5, 0.6) is 0 Å². The minimum Gasteiger partial charge on any atom is -0.360 e. The van der Waals surface area contributed by atoms with Crippen LogP contribution in [0.1, 0.15) is 18.9 Å². The van der Waals surface area contributed by atoms with E-state index in [2.05, 4.69) is 16.3 Å². The second-order valence-corrected chi connectivity index (χ2v) is 5.87. The first-order valence-corrected chi connectivity index (χ1v) is 7.97. The molecule has 2 aromatic carbocycles. The molecule has 0 bridgehead atoms. The lowest BCUT2D eigenvalue weighted by molar-refractivity contribution is -0.383. The molecule has 24 heavy (non-hydrogen) atoms. The quantitative estimate of drug-likeness (QED) is 0.691. The zero-order valence-corrected chi connectivity index (χ0v) is 13.4. The van der Waals surface area contributed by atoms with Crippen molar-refractivity contribution in [2.24, 2.45) is 0 Å². The SMILES string of the molecule is CC(C(=O)Nc1ccccc1[N+](=O)[O-])N1CCCc2ccccc21. The fraction of sp³-hybridized carbons (Fsp3) is 0.278. The van der Waals surface area contributed by atoms with Crippen molar-refractivity contribution in [3.8, 4) is 0 Å². The summed E-state index contributed by atoms with van der Waals surface area (Å²) < 4.78 is 0. The number of para-hydroxylation sites is 3. The third-order valence-corrected chi connectivity index (χ3v) is 4.35. The first-order valence-electron chi connectivity index (χ1n) is 7.97. The van der Waals surface area contributed by atoms with E-state index in [1.807, 2.05) is 25.1 Å². The minimum absolute atomic E-state index is 0.0999. The van der Waals surface area contributed by atoms with Crippen molar-refractivity contribution in [3.05, 3.63) is 64.2 Å². The van der Waals surface area contributed by atoms with E-state index in [1.165, 1.54) is 11.6 Å². The predicted molar refractivity (Wildman–Crippen MR) is 93.3 cm³/mol. The number of carbonyl (C=O) groups is 1.